The lowest BCUT2D eigenvalue weighted by Crippen LogP contribution is -1.73. The zero-order chi connectivity index (χ0) is 8.39. The molecule has 1 N–H and O–H groups in total. The second kappa shape index (κ2) is 3.06. The van der Waals surface area contributed by atoms with Gasteiger partial charge in [0.05, 0.1) is 0 Å². The van der Waals surface area contributed by atoms with Gasteiger partial charge < -0.3 is 4.55 Å². The molecule has 0 saturated heterocycles. The van der Waals surface area contributed by atoms with Crippen LogP contribution in [0.2, 0.25) is 0 Å². The van der Waals surface area contributed by atoms with Crippen LogP contribution in [0.5, 0.6) is 0 Å². The Bertz CT molecular complexity index is 392. The Hall–Kier alpha value is -1.17. The highest BCUT2D eigenvalue weighted by Gasteiger charge is 1.97. The highest BCUT2D eigenvalue weighted by molar-refractivity contribution is 7.94. The van der Waals surface area contributed by atoms with E-state index in [0.29, 0.717) is 0 Å². The van der Waals surface area contributed by atoms with Gasteiger partial charge >= 0.3 is 0 Å². The smallest absolute Gasteiger partial charge is 0.0435 e. The predicted octanol–water partition coefficient (Wildman–Crippen LogP) is 3.01. The predicted molar refractivity (Wildman–Crippen MR) is 50.1 cm³/mol. The van der Waals surface area contributed by atoms with Crippen molar-refractivity contribution in [3.8, 4) is 0 Å². The fourth-order valence-corrected chi connectivity index (χ4v) is 1.56. The molecule has 0 fully saturated rings. The van der Waals surface area contributed by atoms with Crippen LogP contribution in [0.4, 0.5) is 0 Å². The summed E-state index contributed by atoms with van der Waals surface area (Å²) < 4.78 is 8.93. The molecule has 2 rings (SSSR count). The summed E-state index contributed by atoms with van der Waals surface area (Å²) >= 11 is 0.764. The molecule has 0 atom stereocenters. The maximum absolute atomic E-state index is 8.93. The third-order valence-corrected chi connectivity index (χ3v) is 2.26. The minimum Gasteiger partial charge on any atom is -0.325 e. The fraction of sp³-hybridized carbons (Fsp3) is 0. The van der Waals surface area contributed by atoms with Crippen molar-refractivity contribution >= 4 is 22.8 Å². The molecule has 0 saturated carbocycles. The maximum Gasteiger partial charge on any atom is 0.0435 e. The molecule has 0 unspecified atom stereocenters. The van der Waals surface area contributed by atoms with Crippen LogP contribution < -0.4 is 0 Å². The lowest BCUT2D eigenvalue weighted by molar-refractivity contribution is 0.664. The molecular weight excluding hydrogens is 168 g/mol. The first-order valence-corrected chi connectivity index (χ1v) is 4.31. The molecule has 0 aromatic heterocycles. The fourth-order valence-electron chi connectivity index (χ4n) is 1.15. The first-order valence-electron chi connectivity index (χ1n) is 3.54. The monoisotopic (exact) mass is 174 g/mol. The molecule has 0 aliphatic rings. The van der Waals surface area contributed by atoms with Gasteiger partial charge in [0.2, 0.25) is 0 Å². The highest BCUT2D eigenvalue weighted by atomic mass is 32.2. The van der Waals surface area contributed by atoms with Gasteiger partial charge in [-0.3, -0.25) is 0 Å². The van der Waals surface area contributed by atoms with Gasteiger partial charge in [-0.1, -0.05) is 18.2 Å². The van der Waals surface area contributed by atoms with Crippen LogP contribution in [-0.4, -0.2) is 4.55 Å². The van der Waals surface area contributed by atoms with E-state index in [1.807, 2.05) is 24.3 Å². The van der Waals surface area contributed by atoms with E-state index >= 15 is 0 Å². The lowest BCUT2D eigenvalue weighted by Gasteiger charge is -1.97. The number of fused-ring (bicyclic) bond motifs is 1. The average molecular weight is 174 g/mol. The summed E-state index contributed by atoms with van der Waals surface area (Å²) in [6, 6.07) is 15.3. The molecule has 1 nitrogen and oxygen atoms in total. The Morgan fingerprint density at radius 1 is 1.25 bits per heavy atom. The van der Waals surface area contributed by atoms with Crippen LogP contribution in [-0.2, 0) is 0 Å². The summed E-state index contributed by atoms with van der Waals surface area (Å²) in [4.78, 5) is 0.859. The number of rotatable bonds is 1. The van der Waals surface area contributed by atoms with E-state index in [0.717, 1.165) is 27.7 Å². The third kappa shape index (κ3) is 1.14. The van der Waals surface area contributed by atoms with Crippen molar-refractivity contribution in [1.29, 1.82) is 0 Å². The molecular formula is C10H6OS. The normalized spacial score (nSPS) is 9.75. The van der Waals surface area contributed by atoms with E-state index in [1.165, 1.54) is 0 Å². The highest BCUT2D eigenvalue weighted by Crippen LogP contribution is 2.23. The van der Waals surface area contributed by atoms with E-state index in [1.54, 1.807) is 6.07 Å². The number of hydrogen-bond acceptors (Lipinski definition) is 2. The van der Waals surface area contributed by atoms with Crippen LogP contribution in [0.15, 0.2) is 35.2 Å². The molecule has 0 amide bonds. The Morgan fingerprint density at radius 3 is 3.00 bits per heavy atom. The minimum absolute atomic E-state index is 0.764. The number of benzene rings is 1. The van der Waals surface area contributed by atoms with Crippen molar-refractivity contribution in [2.75, 3.05) is 0 Å². The Kier molecular flexibility index (Phi) is 1.91. The van der Waals surface area contributed by atoms with Crippen LogP contribution in [0, 0.1) is 12.1 Å². The SMILES string of the molecule is OSc1cccc2c#cccc12. The molecule has 0 radical (unpaired) electrons. The summed E-state index contributed by atoms with van der Waals surface area (Å²) in [7, 11) is 0. The van der Waals surface area contributed by atoms with Gasteiger partial charge in [-0.15, -0.1) is 0 Å². The second-order valence-electron chi connectivity index (χ2n) is 2.41. The van der Waals surface area contributed by atoms with E-state index in [2.05, 4.69) is 12.1 Å². The average Bonchev–Trinajstić information content (AvgIpc) is 2.17. The van der Waals surface area contributed by atoms with E-state index in [4.69, 9.17) is 4.55 Å². The van der Waals surface area contributed by atoms with Gasteiger partial charge in [0.1, 0.15) is 0 Å². The van der Waals surface area contributed by atoms with E-state index in [9.17, 15) is 0 Å². The topological polar surface area (TPSA) is 20.2 Å². The van der Waals surface area contributed by atoms with Crippen LogP contribution in [0.3, 0.4) is 0 Å². The zero-order valence-corrected chi connectivity index (χ0v) is 7.06. The molecule has 0 heterocycles. The largest absolute Gasteiger partial charge is 0.325 e. The van der Waals surface area contributed by atoms with Crippen LogP contribution >= 0.6 is 12.0 Å². The second-order valence-corrected chi connectivity index (χ2v) is 3.03. The molecule has 0 bridgehead atoms. The summed E-state index contributed by atoms with van der Waals surface area (Å²) in [5.74, 6) is 0. The molecule has 2 aromatic rings. The first-order chi connectivity index (χ1) is 5.92. The van der Waals surface area contributed by atoms with E-state index in [-0.39, 0.29) is 0 Å². The van der Waals surface area contributed by atoms with Crippen molar-refractivity contribution in [2.24, 2.45) is 0 Å². The van der Waals surface area contributed by atoms with Gasteiger partial charge in [-0.05, 0) is 24.3 Å². The molecule has 2 heteroatoms. The summed E-state index contributed by atoms with van der Waals surface area (Å²) in [5, 5.41) is 2.00. The zero-order valence-electron chi connectivity index (χ0n) is 6.24. The van der Waals surface area contributed by atoms with Crippen LogP contribution in [0.1, 0.15) is 0 Å². The molecule has 0 aliphatic carbocycles. The van der Waals surface area contributed by atoms with Crippen LogP contribution in [0.25, 0.3) is 10.8 Å². The van der Waals surface area contributed by atoms with Crippen molar-refractivity contribution < 1.29 is 4.55 Å². The maximum atomic E-state index is 8.93. The Balaban J connectivity index is 2.79. The summed E-state index contributed by atoms with van der Waals surface area (Å²) in [5.41, 5.74) is 0. The lowest BCUT2D eigenvalue weighted by atomic mass is 10.2. The molecule has 0 spiro atoms. The van der Waals surface area contributed by atoms with Gasteiger partial charge in [0.25, 0.3) is 0 Å². The first kappa shape index (κ1) is 7.48. The van der Waals surface area contributed by atoms with Crippen molar-refractivity contribution in [2.45, 2.75) is 4.90 Å². The molecule has 2 aromatic carbocycles. The summed E-state index contributed by atoms with van der Waals surface area (Å²) in [6.45, 7) is 0. The number of hydrogen-bond donors (Lipinski definition) is 1. The Labute approximate surface area is 75.2 Å². The Morgan fingerprint density at radius 2 is 2.17 bits per heavy atom. The summed E-state index contributed by atoms with van der Waals surface area (Å²) in [6.07, 6.45) is 0. The third-order valence-electron chi connectivity index (χ3n) is 1.70. The van der Waals surface area contributed by atoms with Gasteiger partial charge in [-0.25, -0.2) is 0 Å². The molecule has 58 valence electrons. The minimum atomic E-state index is 0.764. The van der Waals surface area contributed by atoms with Crippen molar-refractivity contribution in [3.63, 3.8) is 0 Å². The molecule has 0 aliphatic heterocycles. The standard InChI is InChI=1S/C10H6OS/c11-12-10-7-3-5-8-4-1-2-6-9(8)10/h2-3,5-7,11H. The quantitative estimate of drug-likeness (QED) is 0.670. The van der Waals surface area contributed by atoms with Crippen molar-refractivity contribution in [1.82, 2.24) is 0 Å². The van der Waals surface area contributed by atoms with Gasteiger partial charge in [-0.2, -0.15) is 0 Å². The van der Waals surface area contributed by atoms with E-state index < -0.39 is 0 Å². The van der Waals surface area contributed by atoms with Gasteiger partial charge in [0.15, 0.2) is 0 Å². The van der Waals surface area contributed by atoms with Crippen molar-refractivity contribution in [3.05, 3.63) is 42.5 Å². The van der Waals surface area contributed by atoms with Gasteiger partial charge in [0, 0.05) is 27.7 Å². The molecule has 12 heavy (non-hydrogen) atoms.